The van der Waals surface area contributed by atoms with E-state index in [4.69, 9.17) is 4.74 Å². The van der Waals surface area contributed by atoms with Gasteiger partial charge in [-0.05, 0) is 25.5 Å². The minimum absolute atomic E-state index is 0.0517. The third-order valence-electron chi connectivity index (χ3n) is 3.85. The van der Waals surface area contributed by atoms with E-state index in [0.29, 0.717) is 0 Å². The van der Waals surface area contributed by atoms with E-state index in [2.05, 4.69) is 31.6 Å². The fourth-order valence-corrected chi connectivity index (χ4v) is 2.79. The molecule has 0 spiro atoms. The Bertz CT molecular complexity index is 605. The van der Waals surface area contributed by atoms with Crippen LogP contribution in [0, 0.1) is 13.8 Å². The van der Waals surface area contributed by atoms with E-state index in [1.807, 2.05) is 33.3 Å². The van der Waals surface area contributed by atoms with Gasteiger partial charge in [-0.25, -0.2) is 4.98 Å². The van der Waals surface area contributed by atoms with E-state index >= 15 is 0 Å². The lowest BCUT2D eigenvalue weighted by molar-refractivity contribution is -0.0384. The SMILES string of the molecule is Cc1ccc(CN2CCO[C@@H](c3nc(C)cn3C)C2)cn1. The second-order valence-electron chi connectivity index (χ2n) is 5.75. The zero-order valence-corrected chi connectivity index (χ0v) is 12.9. The Kier molecular flexibility index (Phi) is 4.03. The molecule has 0 unspecified atom stereocenters. The zero-order valence-electron chi connectivity index (χ0n) is 12.9. The summed E-state index contributed by atoms with van der Waals surface area (Å²) in [7, 11) is 2.03. The maximum atomic E-state index is 5.90. The van der Waals surface area contributed by atoms with Gasteiger partial charge < -0.3 is 9.30 Å². The van der Waals surface area contributed by atoms with E-state index in [1.165, 1.54) is 5.56 Å². The van der Waals surface area contributed by atoms with Crippen LogP contribution in [-0.2, 0) is 18.3 Å². The van der Waals surface area contributed by atoms with E-state index in [1.54, 1.807) is 0 Å². The molecule has 1 fully saturated rings. The molecule has 0 aliphatic carbocycles. The molecule has 0 bridgehead atoms. The highest BCUT2D eigenvalue weighted by Crippen LogP contribution is 2.22. The number of morpholine rings is 1. The van der Waals surface area contributed by atoms with Crippen LogP contribution in [0.2, 0.25) is 0 Å². The third kappa shape index (κ3) is 3.31. The van der Waals surface area contributed by atoms with Crippen molar-refractivity contribution in [2.45, 2.75) is 26.5 Å². The Morgan fingerprint density at radius 3 is 2.81 bits per heavy atom. The van der Waals surface area contributed by atoms with Crippen LogP contribution in [0.25, 0.3) is 0 Å². The fourth-order valence-electron chi connectivity index (χ4n) is 2.79. The number of ether oxygens (including phenoxy) is 1. The topological polar surface area (TPSA) is 43.2 Å². The van der Waals surface area contributed by atoms with Crippen molar-refractivity contribution in [3.05, 3.63) is 47.3 Å². The number of hydrogen-bond acceptors (Lipinski definition) is 4. The first-order valence-electron chi connectivity index (χ1n) is 7.37. The molecular formula is C16H22N4O. The molecule has 1 aliphatic rings. The van der Waals surface area contributed by atoms with Gasteiger partial charge >= 0.3 is 0 Å². The lowest BCUT2D eigenvalue weighted by atomic mass is 10.2. The van der Waals surface area contributed by atoms with Crippen LogP contribution in [0.5, 0.6) is 0 Å². The van der Waals surface area contributed by atoms with E-state index in [9.17, 15) is 0 Å². The van der Waals surface area contributed by atoms with Crippen molar-refractivity contribution >= 4 is 0 Å². The molecule has 1 aliphatic heterocycles. The summed E-state index contributed by atoms with van der Waals surface area (Å²) < 4.78 is 7.97. The first-order valence-corrected chi connectivity index (χ1v) is 7.37. The molecule has 112 valence electrons. The molecule has 3 heterocycles. The van der Waals surface area contributed by atoms with Crippen molar-refractivity contribution < 1.29 is 4.74 Å². The van der Waals surface area contributed by atoms with Gasteiger partial charge in [0.1, 0.15) is 11.9 Å². The van der Waals surface area contributed by atoms with Crippen molar-refractivity contribution in [1.29, 1.82) is 0 Å². The average Bonchev–Trinajstić information content (AvgIpc) is 2.81. The summed E-state index contributed by atoms with van der Waals surface area (Å²) >= 11 is 0. The molecule has 0 saturated carbocycles. The van der Waals surface area contributed by atoms with E-state index in [0.717, 1.165) is 43.5 Å². The second-order valence-corrected chi connectivity index (χ2v) is 5.75. The fraction of sp³-hybridized carbons (Fsp3) is 0.500. The largest absolute Gasteiger partial charge is 0.368 e. The number of nitrogens with zero attached hydrogens (tertiary/aromatic N) is 4. The van der Waals surface area contributed by atoms with Crippen LogP contribution in [0.4, 0.5) is 0 Å². The van der Waals surface area contributed by atoms with E-state index in [-0.39, 0.29) is 6.10 Å². The molecule has 3 rings (SSSR count). The summed E-state index contributed by atoms with van der Waals surface area (Å²) in [6, 6.07) is 4.22. The van der Waals surface area contributed by atoms with Crippen molar-refractivity contribution in [3.8, 4) is 0 Å². The minimum Gasteiger partial charge on any atom is -0.368 e. The third-order valence-corrected chi connectivity index (χ3v) is 3.85. The van der Waals surface area contributed by atoms with Crippen LogP contribution in [0.15, 0.2) is 24.5 Å². The van der Waals surface area contributed by atoms with Crippen LogP contribution < -0.4 is 0 Å². The van der Waals surface area contributed by atoms with Crippen LogP contribution in [0.1, 0.15) is 28.9 Å². The van der Waals surface area contributed by atoms with Gasteiger partial charge in [0.05, 0.1) is 12.3 Å². The number of hydrogen-bond donors (Lipinski definition) is 0. The number of aryl methyl sites for hydroxylation is 3. The van der Waals surface area contributed by atoms with Gasteiger partial charge in [0.15, 0.2) is 0 Å². The van der Waals surface area contributed by atoms with Gasteiger partial charge in [-0.2, -0.15) is 0 Å². The molecule has 2 aromatic heterocycles. The molecule has 0 amide bonds. The first-order chi connectivity index (χ1) is 10.1. The molecular weight excluding hydrogens is 264 g/mol. The predicted octanol–water partition coefficient (Wildman–Crippen LogP) is 2.01. The Labute approximate surface area is 125 Å². The molecule has 0 N–H and O–H groups in total. The summed E-state index contributed by atoms with van der Waals surface area (Å²) in [5, 5.41) is 0. The monoisotopic (exact) mass is 286 g/mol. The van der Waals surface area contributed by atoms with Gasteiger partial charge in [0, 0.05) is 44.8 Å². The summed E-state index contributed by atoms with van der Waals surface area (Å²) in [4.78, 5) is 11.4. The molecule has 0 aromatic carbocycles. The predicted molar refractivity (Wildman–Crippen MR) is 80.9 cm³/mol. The van der Waals surface area contributed by atoms with Gasteiger partial charge in [-0.1, -0.05) is 6.07 Å². The van der Waals surface area contributed by atoms with Crippen LogP contribution in [0.3, 0.4) is 0 Å². The molecule has 5 nitrogen and oxygen atoms in total. The molecule has 1 saturated heterocycles. The van der Waals surface area contributed by atoms with Crippen LogP contribution in [-0.4, -0.2) is 39.1 Å². The zero-order chi connectivity index (χ0) is 14.8. The van der Waals surface area contributed by atoms with Gasteiger partial charge in [-0.3, -0.25) is 9.88 Å². The van der Waals surface area contributed by atoms with Gasteiger partial charge in [0.25, 0.3) is 0 Å². The maximum Gasteiger partial charge on any atom is 0.139 e. The molecule has 1 atom stereocenters. The van der Waals surface area contributed by atoms with Gasteiger partial charge in [-0.15, -0.1) is 0 Å². The molecule has 2 aromatic rings. The minimum atomic E-state index is 0.0517. The average molecular weight is 286 g/mol. The number of pyridine rings is 1. The molecule has 21 heavy (non-hydrogen) atoms. The van der Waals surface area contributed by atoms with Crippen molar-refractivity contribution in [1.82, 2.24) is 19.4 Å². The van der Waals surface area contributed by atoms with E-state index < -0.39 is 0 Å². The summed E-state index contributed by atoms with van der Waals surface area (Å²) in [6.07, 6.45) is 4.06. The highest BCUT2D eigenvalue weighted by Gasteiger charge is 2.25. The summed E-state index contributed by atoms with van der Waals surface area (Å²) in [5.41, 5.74) is 3.34. The summed E-state index contributed by atoms with van der Waals surface area (Å²) in [5.74, 6) is 1.01. The Hall–Kier alpha value is -1.72. The Balaban J connectivity index is 1.68. The highest BCUT2D eigenvalue weighted by molar-refractivity contribution is 5.13. The Morgan fingerprint density at radius 2 is 2.14 bits per heavy atom. The summed E-state index contributed by atoms with van der Waals surface area (Å²) in [6.45, 7) is 7.51. The smallest absolute Gasteiger partial charge is 0.139 e. The van der Waals surface area contributed by atoms with Crippen molar-refractivity contribution in [2.75, 3.05) is 19.7 Å². The molecule has 0 radical (unpaired) electrons. The first kappa shape index (κ1) is 14.2. The lowest BCUT2D eigenvalue weighted by Crippen LogP contribution is -2.38. The quantitative estimate of drug-likeness (QED) is 0.865. The van der Waals surface area contributed by atoms with Gasteiger partial charge in [0.2, 0.25) is 0 Å². The number of aromatic nitrogens is 3. The Morgan fingerprint density at radius 1 is 1.29 bits per heavy atom. The number of imidazole rings is 1. The maximum absolute atomic E-state index is 5.90. The molecule has 5 heteroatoms. The second kappa shape index (κ2) is 5.95. The lowest BCUT2D eigenvalue weighted by Gasteiger charge is -2.32. The van der Waals surface area contributed by atoms with Crippen LogP contribution >= 0.6 is 0 Å². The number of rotatable bonds is 3. The van der Waals surface area contributed by atoms with Crippen molar-refractivity contribution in [3.63, 3.8) is 0 Å². The standard InChI is InChI=1S/C16H22N4O/c1-12-4-5-14(8-17-12)10-20-6-7-21-15(11-20)16-18-13(2)9-19(16)3/h4-5,8-9,15H,6-7,10-11H2,1-3H3/t15-/m1/s1. The van der Waals surface area contributed by atoms with Crippen molar-refractivity contribution in [2.24, 2.45) is 7.05 Å². The highest BCUT2D eigenvalue weighted by atomic mass is 16.5. The normalized spacial score (nSPS) is 19.9.